The maximum atomic E-state index is 17.2. The molecule has 0 spiro atoms. The maximum absolute atomic E-state index is 17.2. The number of hydrogen-bond acceptors (Lipinski definition) is 11. The number of carbonyl (C=O) groups is 1. The minimum atomic E-state index is -0.955. The van der Waals surface area contributed by atoms with Crippen molar-refractivity contribution in [1.82, 2.24) is 24.8 Å². The van der Waals surface area contributed by atoms with E-state index in [1.807, 2.05) is 42.2 Å². The van der Waals surface area contributed by atoms with Crippen molar-refractivity contribution in [2.24, 2.45) is 0 Å². The predicted octanol–water partition coefficient (Wildman–Crippen LogP) is 7.35. The number of nitrogens with zero attached hydrogens (tertiary/aromatic N) is 6. The number of pyridine rings is 2. The minimum Gasteiger partial charge on any atom is -0.508 e. The molecule has 3 aliphatic rings. The number of anilines is 2. The third kappa shape index (κ3) is 6.49. The fourth-order valence-corrected chi connectivity index (χ4v) is 7.95. The number of phenols is 1. The Morgan fingerprint density at radius 3 is 2.81 bits per heavy atom. The van der Waals surface area contributed by atoms with Gasteiger partial charge >= 0.3 is 12.1 Å². The predicted molar refractivity (Wildman–Crippen MR) is 196 cm³/mol. The first kappa shape index (κ1) is 34.7. The van der Waals surface area contributed by atoms with Gasteiger partial charge in [0.2, 0.25) is 5.88 Å². The van der Waals surface area contributed by atoms with Gasteiger partial charge in [-0.3, -0.25) is 10.2 Å². The molecule has 53 heavy (non-hydrogen) atoms. The molecule has 14 heteroatoms. The molecule has 3 atom stereocenters. The molecule has 2 aromatic carbocycles. The Labute approximate surface area is 305 Å². The van der Waals surface area contributed by atoms with Gasteiger partial charge in [-0.25, -0.2) is 23.5 Å². The lowest BCUT2D eigenvalue weighted by molar-refractivity contribution is 0.0635. The molecular weight excluding hydrogens is 684 g/mol. The highest BCUT2D eigenvalue weighted by atomic mass is 19.1. The summed E-state index contributed by atoms with van der Waals surface area (Å²) >= 11 is 0. The van der Waals surface area contributed by atoms with Gasteiger partial charge in [-0.1, -0.05) is 30.3 Å². The number of carbonyl (C=O) groups excluding carboxylic acids is 1. The van der Waals surface area contributed by atoms with E-state index >= 15 is 4.39 Å². The normalized spacial score (nSPS) is 20.6. The Hall–Kier alpha value is -5.37. The van der Waals surface area contributed by atoms with Crippen LogP contribution >= 0.6 is 0 Å². The summed E-state index contributed by atoms with van der Waals surface area (Å²) in [5.74, 6) is -0.0692. The third-order valence-corrected chi connectivity index (χ3v) is 10.3. The molecule has 12 nitrogen and oxygen atoms in total. The molecule has 0 radical (unpaired) electrons. The van der Waals surface area contributed by atoms with E-state index in [-0.39, 0.29) is 54.0 Å². The van der Waals surface area contributed by atoms with E-state index in [1.165, 1.54) is 6.07 Å². The van der Waals surface area contributed by atoms with E-state index in [0.29, 0.717) is 46.5 Å². The van der Waals surface area contributed by atoms with Gasteiger partial charge in [0.1, 0.15) is 59.0 Å². The number of aromatic hydroxyl groups is 1. The van der Waals surface area contributed by atoms with Crippen LogP contribution in [-0.4, -0.2) is 86.2 Å². The second-order valence-electron chi connectivity index (χ2n) is 15.0. The maximum Gasteiger partial charge on any atom is 0.413 e. The second-order valence-corrected chi connectivity index (χ2v) is 15.0. The number of aromatic nitrogens is 4. The van der Waals surface area contributed by atoms with Gasteiger partial charge in [0.15, 0.2) is 5.82 Å². The van der Waals surface area contributed by atoms with Gasteiger partial charge in [-0.05, 0) is 76.1 Å². The molecule has 1 amide bonds. The number of hydrogen-bond donors (Lipinski definition) is 2. The van der Waals surface area contributed by atoms with Crippen molar-refractivity contribution in [2.75, 3.05) is 43.1 Å². The standard InChI is InChI=1S/C39H41F2N7O5/c1-22(26-11-7-13-42-33(26)45-37(50)53-38(2,3)4)48-15-16-51-35-29-32(30(41)31(43-35)28-18-25(49)17-23-9-5-6-10-27(23)28)44-36(46-34(29)48)52-21-39-12-8-14-47(39)20-24(40)19-39/h5-7,9-11,13,17-18,22,24,49H,8,12,14-16,19-21H2,1-4H3,(H,42,45,50)/t22-,24-,39+/m1/s1. The monoisotopic (exact) mass is 725 g/mol. The molecule has 2 fully saturated rings. The molecule has 0 saturated carbocycles. The molecule has 0 bridgehead atoms. The molecule has 276 valence electrons. The van der Waals surface area contributed by atoms with Crippen molar-refractivity contribution < 1.29 is 32.9 Å². The smallest absolute Gasteiger partial charge is 0.413 e. The number of phenolic OH excluding ortho intramolecular Hbond substituents is 1. The largest absolute Gasteiger partial charge is 0.508 e. The summed E-state index contributed by atoms with van der Waals surface area (Å²) in [7, 11) is 0. The fourth-order valence-electron chi connectivity index (χ4n) is 7.95. The number of ether oxygens (including phenoxy) is 3. The van der Waals surface area contributed by atoms with Crippen LogP contribution in [-0.2, 0) is 4.74 Å². The second kappa shape index (κ2) is 13.2. The van der Waals surface area contributed by atoms with Crippen LogP contribution in [0.3, 0.4) is 0 Å². The van der Waals surface area contributed by atoms with Crippen LogP contribution in [0.25, 0.3) is 32.9 Å². The van der Waals surface area contributed by atoms with Crippen LogP contribution in [0.5, 0.6) is 17.6 Å². The number of amides is 1. The molecular formula is C39H41F2N7O5. The van der Waals surface area contributed by atoms with Crippen LogP contribution in [0.2, 0.25) is 0 Å². The van der Waals surface area contributed by atoms with Crippen molar-refractivity contribution in [3.63, 3.8) is 0 Å². The average molecular weight is 726 g/mol. The van der Waals surface area contributed by atoms with E-state index in [2.05, 4.69) is 20.2 Å². The third-order valence-electron chi connectivity index (χ3n) is 10.3. The Morgan fingerprint density at radius 2 is 1.98 bits per heavy atom. The Kier molecular flexibility index (Phi) is 8.67. The SMILES string of the molecule is C[C@H](c1cccnc1NC(=O)OC(C)(C)C)N1CCOc2nc(-c3cc(O)cc4ccccc34)c(F)c3nc(OC[C@@]45CCCN4C[C@H](F)C5)nc1c23. The van der Waals surface area contributed by atoms with Crippen LogP contribution in [0.1, 0.15) is 58.6 Å². The lowest BCUT2D eigenvalue weighted by atomic mass is 9.95. The van der Waals surface area contributed by atoms with Gasteiger partial charge < -0.3 is 24.2 Å². The topological polar surface area (TPSA) is 135 Å². The van der Waals surface area contributed by atoms with Crippen molar-refractivity contribution in [3.8, 4) is 28.9 Å². The van der Waals surface area contributed by atoms with E-state index in [1.54, 1.807) is 39.1 Å². The molecule has 0 unspecified atom stereocenters. The van der Waals surface area contributed by atoms with E-state index in [9.17, 15) is 14.3 Å². The molecule has 0 aliphatic carbocycles. The van der Waals surface area contributed by atoms with Gasteiger partial charge in [0, 0.05) is 30.3 Å². The molecule has 5 aromatic rings. The van der Waals surface area contributed by atoms with Gasteiger partial charge in [0.25, 0.3) is 0 Å². The first-order chi connectivity index (χ1) is 25.4. The van der Waals surface area contributed by atoms with Gasteiger partial charge in [-0.2, -0.15) is 9.97 Å². The van der Waals surface area contributed by atoms with Crippen LogP contribution < -0.4 is 19.7 Å². The highest BCUT2D eigenvalue weighted by Gasteiger charge is 2.49. The number of nitrogens with one attached hydrogen (secondary N) is 1. The number of fused-ring (bicyclic) bond motifs is 2. The Balaban J connectivity index is 1.26. The summed E-state index contributed by atoms with van der Waals surface area (Å²) in [5.41, 5.74) is -0.333. The Morgan fingerprint density at radius 1 is 1.15 bits per heavy atom. The summed E-state index contributed by atoms with van der Waals surface area (Å²) < 4.78 is 49.9. The lowest BCUT2D eigenvalue weighted by Gasteiger charge is -2.32. The first-order valence-electron chi connectivity index (χ1n) is 17.9. The number of benzene rings is 2. The highest BCUT2D eigenvalue weighted by Crippen LogP contribution is 2.45. The summed E-state index contributed by atoms with van der Waals surface area (Å²) in [4.78, 5) is 35.6. The molecule has 8 rings (SSSR count). The summed E-state index contributed by atoms with van der Waals surface area (Å²) in [6.45, 7) is 8.96. The fraction of sp³-hybridized carbons (Fsp3) is 0.410. The van der Waals surface area contributed by atoms with E-state index < -0.39 is 35.3 Å². The number of halogens is 2. The average Bonchev–Trinajstić information content (AvgIpc) is 3.57. The quantitative estimate of drug-likeness (QED) is 0.174. The van der Waals surface area contributed by atoms with Crippen LogP contribution in [0.4, 0.5) is 25.2 Å². The number of alkyl halides is 1. The first-order valence-corrected chi connectivity index (χ1v) is 17.9. The van der Waals surface area contributed by atoms with Crippen molar-refractivity contribution in [3.05, 3.63) is 66.1 Å². The molecule has 2 saturated heterocycles. The van der Waals surface area contributed by atoms with Crippen LogP contribution in [0, 0.1) is 5.82 Å². The van der Waals surface area contributed by atoms with Gasteiger partial charge in [0.05, 0.1) is 18.1 Å². The highest BCUT2D eigenvalue weighted by molar-refractivity contribution is 6.02. The molecule has 3 aliphatic heterocycles. The van der Waals surface area contributed by atoms with Crippen molar-refractivity contribution in [2.45, 2.75) is 70.3 Å². The zero-order chi connectivity index (χ0) is 37.1. The zero-order valence-corrected chi connectivity index (χ0v) is 30.0. The summed E-state index contributed by atoms with van der Waals surface area (Å²) in [6, 6.07) is 13.4. The lowest BCUT2D eigenvalue weighted by Crippen LogP contribution is -2.43. The van der Waals surface area contributed by atoms with Gasteiger partial charge in [-0.15, -0.1) is 0 Å². The zero-order valence-electron chi connectivity index (χ0n) is 30.0. The number of rotatable bonds is 7. The Bertz CT molecular complexity index is 2230. The molecule has 3 aromatic heterocycles. The van der Waals surface area contributed by atoms with E-state index in [0.717, 1.165) is 19.4 Å². The molecule has 2 N–H and O–H groups in total. The summed E-state index contributed by atoms with van der Waals surface area (Å²) in [6.07, 6.45) is 2.00. The minimum absolute atomic E-state index is 0.0467. The summed E-state index contributed by atoms with van der Waals surface area (Å²) in [5, 5.41) is 15.0. The van der Waals surface area contributed by atoms with Crippen molar-refractivity contribution >= 4 is 39.4 Å². The molecule has 6 heterocycles. The van der Waals surface area contributed by atoms with E-state index in [4.69, 9.17) is 24.2 Å². The van der Waals surface area contributed by atoms with Crippen molar-refractivity contribution in [1.29, 1.82) is 0 Å². The van der Waals surface area contributed by atoms with Crippen LogP contribution in [0.15, 0.2) is 54.7 Å².